The molecule has 14 heavy (non-hydrogen) atoms. The van der Waals surface area contributed by atoms with Gasteiger partial charge in [0.25, 0.3) is 0 Å². The van der Waals surface area contributed by atoms with Crippen LogP contribution in [0.3, 0.4) is 0 Å². The zero-order valence-corrected chi connectivity index (χ0v) is 10.5. The van der Waals surface area contributed by atoms with Crippen LogP contribution in [0.15, 0.2) is 32.1 Å². The van der Waals surface area contributed by atoms with Gasteiger partial charge >= 0.3 is 0 Å². The second kappa shape index (κ2) is 5.26. The number of nitrogens with one attached hydrogen (secondary N) is 1. The Balaban J connectivity index is 2.85. The first-order chi connectivity index (χ1) is 6.61. The van der Waals surface area contributed by atoms with E-state index >= 15 is 0 Å². The molecule has 0 aliphatic carbocycles. The molecule has 0 aromatic heterocycles. The number of nitrogens with two attached hydrogens (primary N) is 1. The fourth-order valence-corrected chi connectivity index (χ4v) is 2.07. The smallest absolute Gasteiger partial charge is 0.113 e. The van der Waals surface area contributed by atoms with Gasteiger partial charge in [0.2, 0.25) is 0 Å². The number of hydrogen-bond acceptors (Lipinski definition) is 2. The third-order valence-electron chi connectivity index (χ3n) is 1.48. The van der Waals surface area contributed by atoms with E-state index in [4.69, 9.17) is 11.1 Å². The Morgan fingerprint density at radius 2 is 2.00 bits per heavy atom. The summed E-state index contributed by atoms with van der Waals surface area (Å²) >= 11 is 6.82. The molecule has 0 aliphatic rings. The van der Waals surface area contributed by atoms with Crippen LogP contribution in [0.1, 0.15) is 5.56 Å². The van der Waals surface area contributed by atoms with Gasteiger partial charge in [-0.05, 0) is 12.1 Å². The second-order valence-electron chi connectivity index (χ2n) is 2.63. The van der Waals surface area contributed by atoms with E-state index in [0.717, 1.165) is 14.5 Å². The standard InChI is InChI=1S/C9H9Br2N3/c10-7-2-1-3-8(11)6(7)4-14-5-9(12)13/h1-4H,5H2,(H3,12,13). The molecule has 3 N–H and O–H groups in total. The van der Waals surface area contributed by atoms with E-state index in [1.165, 1.54) is 0 Å². The lowest BCUT2D eigenvalue weighted by atomic mass is 10.2. The van der Waals surface area contributed by atoms with E-state index in [2.05, 4.69) is 36.9 Å². The second-order valence-corrected chi connectivity index (χ2v) is 4.34. The molecule has 3 nitrogen and oxygen atoms in total. The number of halogens is 2. The minimum atomic E-state index is 0.0597. The summed E-state index contributed by atoms with van der Waals surface area (Å²) in [6.07, 6.45) is 1.69. The molecule has 0 radical (unpaired) electrons. The topological polar surface area (TPSA) is 62.2 Å². The minimum Gasteiger partial charge on any atom is -0.386 e. The molecule has 0 aliphatic heterocycles. The van der Waals surface area contributed by atoms with E-state index in [1.807, 2.05) is 18.2 Å². The molecule has 0 bridgehead atoms. The highest BCUT2D eigenvalue weighted by Gasteiger charge is 2.00. The van der Waals surface area contributed by atoms with Gasteiger partial charge in [0.05, 0.1) is 6.54 Å². The van der Waals surface area contributed by atoms with Crippen molar-refractivity contribution in [1.29, 1.82) is 5.41 Å². The van der Waals surface area contributed by atoms with Crippen LogP contribution in [0.2, 0.25) is 0 Å². The largest absolute Gasteiger partial charge is 0.386 e. The zero-order valence-electron chi connectivity index (χ0n) is 7.30. The molecular weight excluding hydrogens is 310 g/mol. The normalized spacial score (nSPS) is 10.7. The number of hydrogen-bond donors (Lipinski definition) is 2. The van der Waals surface area contributed by atoms with E-state index in [-0.39, 0.29) is 12.4 Å². The number of benzene rings is 1. The molecule has 1 aromatic carbocycles. The van der Waals surface area contributed by atoms with Gasteiger partial charge in [-0.25, -0.2) is 0 Å². The maximum atomic E-state index is 7.01. The van der Waals surface area contributed by atoms with Crippen LogP contribution in [-0.4, -0.2) is 18.6 Å². The molecule has 0 fully saturated rings. The summed E-state index contributed by atoms with van der Waals surface area (Å²) in [5.41, 5.74) is 6.13. The van der Waals surface area contributed by atoms with Gasteiger partial charge in [-0.1, -0.05) is 37.9 Å². The van der Waals surface area contributed by atoms with Crippen molar-refractivity contribution in [3.05, 3.63) is 32.7 Å². The summed E-state index contributed by atoms with van der Waals surface area (Å²) in [5, 5.41) is 7.01. The number of rotatable bonds is 3. The summed E-state index contributed by atoms with van der Waals surface area (Å²) in [6, 6.07) is 5.79. The highest BCUT2D eigenvalue weighted by atomic mass is 79.9. The van der Waals surface area contributed by atoms with Crippen molar-refractivity contribution in [2.45, 2.75) is 0 Å². The van der Waals surface area contributed by atoms with E-state index in [1.54, 1.807) is 6.21 Å². The molecule has 74 valence electrons. The van der Waals surface area contributed by atoms with Crippen LogP contribution in [0.5, 0.6) is 0 Å². The van der Waals surface area contributed by atoms with Crippen LogP contribution >= 0.6 is 31.9 Å². The molecule has 1 rings (SSSR count). The molecule has 0 heterocycles. The first kappa shape index (κ1) is 11.4. The average Bonchev–Trinajstić information content (AvgIpc) is 2.09. The monoisotopic (exact) mass is 317 g/mol. The Morgan fingerprint density at radius 1 is 1.43 bits per heavy atom. The summed E-state index contributed by atoms with van der Waals surface area (Å²) in [4.78, 5) is 4.03. The van der Waals surface area contributed by atoms with Crippen molar-refractivity contribution in [3.63, 3.8) is 0 Å². The van der Waals surface area contributed by atoms with Crippen molar-refractivity contribution in [1.82, 2.24) is 0 Å². The molecular formula is C9H9Br2N3. The van der Waals surface area contributed by atoms with Gasteiger partial charge in [0, 0.05) is 20.7 Å². The Labute approximate surface area is 99.2 Å². The molecule has 0 unspecified atom stereocenters. The molecule has 0 amide bonds. The quantitative estimate of drug-likeness (QED) is 0.653. The lowest BCUT2D eigenvalue weighted by Gasteiger charge is -2.00. The summed E-state index contributed by atoms with van der Waals surface area (Å²) in [7, 11) is 0. The first-order valence-electron chi connectivity index (χ1n) is 3.88. The highest BCUT2D eigenvalue weighted by molar-refractivity contribution is 9.11. The Kier molecular flexibility index (Phi) is 4.28. The van der Waals surface area contributed by atoms with Crippen LogP contribution in [0, 0.1) is 5.41 Å². The third kappa shape index (κ3) is 3.23. The SMILES string of the molecule is N=C(N)CN=Cc1c(Br)cccc1Br. The fraction of sp³-hybridized carbons (Fsp3) is 0.111. The number of amidine groups is 1. The van der Waals surface area contributed by atoms with Gasteiger partial charge in [0.1, 0.15) is 5.84 Å². The molecule has 0 saturated heterocycles. The van der Waals surface area contributed by atoms with Crippen molar-refractivity contribution in [2.75, 3.05) is 6.54 Å². The molecule has 0 spiro atoms. The van der Waals surface area contributed by atoms with Crippen LogP contribution < -0.4 is 5.73 Å². The Hall–Kier alpha value is -0.680. The summed E-state index contributed by atoms with van der Waals surface area (Å²) in [5.74, 6) is 0.0597. The summed E-state index contributed by atoms with van der Waals surface area (Å²) < 4.78 is 1.92. The number of nitrogens with zero attached hydrogens (tertiary/aromatic N) is 1. The van der Waals surface area contributed by atoms with E-state index < -0.39 is 0 Å². The van der Waals surface area contributed by atoms with Crippen molar-refractivity contribution < 1.29 is 0 Å². The fourth-order valence-electron chi connectivity index (χ4n) is 0.869. The molecule has 0 atom stereocenters. The van der Waals surface area contributed by atoms with Crippen LogP contribution in [0.25, 0.3) is 0 Å². The molecule has 0 saturated carbocycles. The lowest BCUT2D eigenvalue weighted by molar-refractivity contribution is 1.24. The Bertz CT molecular complexity index is 354. The van der Waals surface area contributed by atoms with Gasteiger partial charge in [-0.2, -0.15) is 0 Å². The van der Waals surface area contributed by atoms with E-state index in [0.29, 0.717) is 0 Å². The minimum absolute atomic E-state index is 0.0597. The Morgan fingerprint density at radius 3 is 2.50 bits per heavy atom. The maximum absolute atomic E-state index is 7.01. The molecule has 5 heteroatoms. The third-order valence-corrected chi connectivity index (χ3v) is 2.86. The summed E-state index contributed by atoms with van der Waals surface area (Å²) in [6.45, 7) is 0.230. The van der Waals surface area contributed by atoms with Crippen molar-refractivity contribution >= 4 is 43.9 Å². The van der Waals surface area contributed by atoms with Gasteiger partial charge in [0.15, 0.2) is 0 Å². The zero-order chi connectivity index (χ0) is 10.6. The van der Waals surface area contributed by atoms with Gasteiger partial charge < -0.3 is 5.73 Å². The lowest BCUT2D eigenvalue weighted by Crippen LogP contribution is -2.13. The maximum Gasteiger partial charge on any atom is 0.113 e. The average molecular weight is 319 g/mol. The number of aliphatic imine (C=N–C) groups is 1. The van der Waals surface area contributed by atoms with Crippen molar-refractivity contribution in [3.8, 4) is 0 Å². The molecule has 1 aromatic rings. The predicted octanol–water partition coefficient (Wildman–Crippen LogP) is 2.57. The van der Waals surface area contributed by atoms with Crippen LogP contribution in [-0.2, 0) is 0 Å². The highest BCUT2D eigenvalue weighted by Crippen LogP contribution is 2.23. The van der Waals surface area contributed by atoms with Crippen molar-refractivity contribution in [2.24, 2.45) is 10.7 Å². The van der Waals surface area contributed by atoms with Gasteiger partial charge in [-0.3, -0.25) is 10.4 Å². The predicted molar refractivity (Wildman–Crippen MR) is 66.2 cm³/mol. The van der Waals surface area contributed by atoms with Crippen LogP contribution in [0.4, 0.5) is 0 Å². The van der Waals surface area contributed by atoms with E-state index in [9.17, 15) is 0 Å². The van der Waals surface area contributed by atoms with Gasteiger partial charge in [-0.15, -0.1) is 0 Å². The first-order valence-corrected chi connectivity index (χ1v) is 5.46.